The molecule has 1 aromatic carbocycles. The molecular weight excluding hydrogens is 354 g/mol. The second kappa shape index (κ2) is 7.84. The van der Waals surface area contributed by atoms with Gasteiger partial charge < -0.3 is 19.4 Å². The van der Waals surface area contributed by atoms with Crippen LogP contribution in [-0.2, 0) is 9.53 Å². The van der Waals surface area contributed by atoms with Gasteiger partial charge in [-0.15, -0.1) is 0 Å². The van der Waals surface area contributed by atoms with E-state index >= 15 is 0 Å². The van der Waals surface area contributed by atoms with E-state index in [4.69, 9.17) is 4.74 Å². The van der Waals surface area contributed by atoms with Crippen LogP contribution in [0, 0.1) is 17.3 Å². The van der Waals surface area contributed by atoms with Crippen molar-refractivity contribution in [3.05, 3.63) is 35.9 Å². The Morgan fingerprint density at radius 3 is 2.36 bits per heavy atom. The van der Waals surface area contributed by atoms with E-state index in [1.807, 2.05) is 40.1 Å². The maximum absolute atomic E-state index is 13.0. The van der Waals surface area contributed by atoms with Gasteiger partial charge in [-0.2, -0.15) is 0 Å². The monoisotopic (exact) mass is 385 g/mol. The molecule has 1 aromatic rings. The van der Waals surface area contributed by atoms with Gasteiger partial charge in [0, 0.05) is 62.8 Å². The zero-order valence-corrected chi connectivity index (χ0v) is 17.0. The summed E-state index contributed by atoms with van der Waals surface area (Å²) in [6.07, 6.45) is 1.67. The minimum absolute atomic E-state index is 0.0372. The average molecular weight is 386 g/mol. The van der Waals surface area contributed by atoms with Gasteiger partial charge in [-0.1, -0.05) is 18.2 Å². The van der Waals surface area contributed by atoms with Gasteiger partial charge in [0.05, 0.1) is 0 Å². The van der Waals surface area contributed by atoms with Crippen LogP contribution < -0.4 is 0 Å². The van der Waals surface area contributed by atoms with E-state index in [-0.39, 0.29) is 23.1 Å². The summed E-state index contributed by atoms with van der Waals surface area (Å²) >= 11 is 0. The van der Waals surface area contributed by atoms with Crippen molar-refractivity contribution in [1.29, 1.82) is 0 Å². The number of ether oxygens (including phenoxy) is 1. The van der Waals surface area contributed by atoms with Crippen LogP contribution in [-0.4, -0.2) is 86.5 Å². The largest absolute Gasteiger partial charge is 0.381 e. The Morgan fingerprint density at radius 1 is 1.07 bits per heavy atom. The molecule has 2 amide bonds. The minimum Gasteiger partial charge on any atom is -0.381 e. The van der Waals surface area contributed by atoms with Gasteiger partial charge in [-0.05, 0) is 45.0 Å². The average Bonchev–Trinajstić information content (AvgIpc) is 3.06. The number of nitrogens with zero attached hydrogens (tertiary/aromatic N) is 3. The Bertz CT molecular complexity index is 709. The normalized spacial score (nSPS) is 24.6. The summed E-state index contributed by atoms with van der Waals surface area (Å²) in [4.78, 5) is 32.1. The highest BCUT2D eigenvalue weighted by atomic mass is 16.5. The first-order chi connectivity index (χ1) is 13.5. The van der Waals surface area contributed by atoms with Crippen LogP contribution in [0.1, 0.15) is 23.2 Å². The van der Waals surface area contributed by atoms with Crippen molar-refractivity contribution in [2.75, 3.05) is 60.0 Å². The lowest BCUT2D eigenvalue weighted by Crippen LogP contribution is -2.64. The zero-order valence-electron chi connectivity index (χ0n) is 17.0. The molecule has 0 aromatic heterocycles. The third-order valence-corrected chi connectivity index (χ3v) is 6.60. The maximum Gasteiger partial charge on any atom is 0.253 e. The number of carbonyl (C=O) groups excluding carboxylic acids is 2. The van der Waals surface area contributed by atoms with Gasteiger partial charge in [0.1, 0.15) is 0 Å². The van der Waals surface area contributed by atoms with Crippen LogP contribution >= 0.6 is 0 Å². The van der Waals surface area contributed by atoms with Crippen LogP contribution in [0.3, 0.4) is 0 Å². The van der Waals surface area contributed by atoms with Gasteiger partial charge in [0.2, 0.25) is 5.91 Å². The number of carbonyl (C=O) groups is 2. The minimum atomic E-state index is 0.0372. The number of hydrogen-bond acceptors (Lipinski definition) is 4. The number of benzene rings is 1. The van der Waals surface area contributed by atoms with Gasteiger partial charge in [-0.25, -0.2) is 0 Å². The summed E-state index contributed by atoms with van der Waals surface area (Å²) in [6.45, 7) is 5.40. The molecule has 0 aliphatic carbocycles. The van der Waals surface area contributed by atoms with Crippen LogP contribution in [0.5, 0.6) is 0 Å². The summed E-state index contributed by atoms with van der Waals surface area (Å²) in [5.41, 5.74) is 0.785. The van der Waals surface area contributed by atoms with Gasteiger partial charge >= 0.3 is 0 Å². The first-order valence-corrected chi connectivity index (χ1v) is 10.3. The van der Waals surface area contributed by atoms with Crippen molar-refractivity contribution in [3.63, 3.8) is 0 Å². The molecular formula is C22H31N3O3. The first kappa shape index (κ1) is 19.4. The molecule has 0 radical (unpaired) electrons. The van der Waals surface area contributed by atoms with E-state index in [0.29, 0.717) is 19.1 Å². The van der Waals surface area contributed by atoms with Crippen molar-refractivity contribution < 1.29 is 14.3 Å². The molecule has 1 atom stereocenters. The van der Waals surface area contributed by atoms with E-state index in [2.05, 4.69) is 19.0 Å². The van der Waals surface area contributed by atoms with Gasteiger partial charge in [-0.3, -0.25) is 9.59 Å². The Hall–Kier alpha value is -1.92. The van der Waals surface area contributed by atoms with Gasteiger partial charge in [0.25, 0.3) is 5.91 Å². The first-order valence-electron chi connectivity index (χ1n) is 10.3. The van der Waals surface area contributed by atoms with Crippen molar-refractivity contribution in [2.24, 2.45) is 17.3 Å². The third kappa shape index (κ3) is 3.67. The molecule has 3 aliphatic rings. The number of likely N-dealkylation sites (tertiary alicyclic amines) is 2. The Balaban J connectivity index is 1.44. The quantitative estimate of drug-likeness (QED) is 0.790. The Labute approximate surface area is 167 Å². The van der Waals surface area contributed by atoms with Crippen LogP contribution in [0.25, 0.3) is 0 Å². The molecule has 3 saturated heterocycles. The van der Waals surface area contributed by atoms with Crippen LogP contribution in [0.15, 0.2) is 30.3 Å². The fraction of sp³-hybridized carbons (Fsp3) is 0.636. The van der Waals surface area contributed by atoms with Crippen molar-refractivity contribution in [1.82, 2.24) is 14.7 Å². The van der Waals surface area contributed by atoms with Crippen LogP contribution in [0.2, 0.25) is 0 Å². The van der Waals surface area contributed by atoms with Crippen molar-refractivity contribution in [2.45, 2.75) is 12.8 Å². The highest BCUT2D eigenvalue weighted by molar-refractivity contribution is 5.94. The predicted octanol–water partition coefficient (Wildman–Crippen LogP) is 1.58. The molecule has 1 spiro atoms. The highest BCUT2D eigenvalue weighted by Crippen LogP contribution is 2.45. The van der Waals surface area contributed by atoms with E-state index in [1.165, 1.54) is 0 Å². The molecule has 6 nitrogen and oxygen atoms in total. The highest BCUT2D eigenvalue weighted by Gasteiger charge is 2.56. The third-order valence-electron chi connectivity index (χ3n) is 6.60. The topological polar surface area (TPSA) is 53.1 Å². The number of amides is 2. The SMILES string of the molecule is CN(C)CC1CN(C(=O)c2ccccc2)CC12CN(C(=O)C1CCOCC1)C2. The summed E-state index contributed by atoms with van der Waals surface area (Å²) < 4.78 is 5.40. The second-order valence-electron chi connectivity index (χ2n) is 8.95. The molecule has 0 saturated carbocycles. The fourth-order valence-corrected chi connectivity index (χ4v) is 5.07. The summed E-state index contributed by atoms with van der Waals surface area (Å²) in [7, 11) is 4.16. The lowest BCUT2D eigenvalue weighted by atomic mass is 9.71. The summed E-state index contributed by atoms with van der Waals surface area (Å²) in [5, 5.41) is 0. The molecule has 3 aliphatic heterocycles. The van der Waals surface area contributed by atoms with E-state index in [0.717, 1.165) is 51.1 Å². The van der Waals surface area contributed by atoms with E-state index in [1.54, 1.807) is 0 Å². The zero-order chi connectivity index (χ0) is 19.7. The maximum atomic E-state index is 13.0. The molecule has 0 N–H and O–H groups in total. The summed E-state index contributed by atoms with van der Waals surface area (Å²) in [5.74, 6) is 0.900. The van der Waals surface area contributed by atoms with Gasteiger partial charge in [0.15, 0.2) is 0 Å². The smallest absolute Gasteiger partial charge is 0.253 e. The molecule has 4 rings (SSSR count). The van der Waals surface area contributed by atoms with E-state index in [9.17, 15) is 9.59 Å². The molecule has 3 fully saturated rings. The number of rotatable bonds is 4. The molecule has 28 heavy (non-hydrogen) atoms. The fourth-order valence-electron chi connectivity index (χ4n) is 5.07. The van der Waals surface area contributed by atoms with Crippen molar-refractivity contribution in [3.8, 4) is 0 Å². The van der Waals surface area contributed by atoms with Crippen LogP contribution in [0.4, 0.5) is 0 Å². The Morgan fingerprint density at radius 2 is 1.71 bits per heavy atom. The standard InChI is InChI=1S/C22H31N3O3/c1-23(2)12-19-13-24(20(26)17-6-4-3-5-7-17)14-22(19)15-25(16-22)21(27)18-8-10-28-11-9-18/h3-7,18-19H,8-16H2,1-2H3. The molecule has 6 heteroatoms. The predicted molar refractivity (Wildman–Crippen MR) is 107 cm³/mol. The molecule has 152 valence electrons. The van der Waals surface area contributed by atoms with Crippen molar-refractivity contribution >= 4 is 11.8 Å². The lowest BCUT2D eigenvalue weighted by molar-refractivity contribution is -0.152. The van der Waals surface area contributed by atoms with E-state index < -0.39 is 0 Å². The second-order valence-corrected chi connectivity index (χ2v) is 8.95. The lowest BCUT2D eigenvalue weighted by Gasteiger charge is -2.52. The summed E-state index contributed by atoms with van der Waals surface area (Å²) in [6, 6.07) is 9.52. The molecule has 3 heterocycles. The molecule has 0 bridgehead atoms. The molecule has 1 unspecified atom stereocenters. The number of hydrogen-bond donors (Lipinski definition) is 0. The Kier molecular flexibility index (Phi) is 5.43.